The molecule has 9 heteroatoms. The Morgan fingerprint density at radius 3 is 2.50 bits per heavy atom. The summed E-state index contributed by atoms with van der Waals surface area (Å²) < 4.78 is 33.1. The molecule has 0 aliphatic carbocycles. The number of nitrogens with one attached hydrogen (secondary N) is 2. The van der Waals surface area contributed by atoms with Crippen LogP contribution in [0.15, 0.2) is 23.1 Å². The van der Waals surface area contributed by atoms with E-state index in [9.17, 15) is 13.2 Å². The molecule has 1 aromatic heterocycles. The molecule has 1 saturated heterocycles. The van der Waals surface area contributed by atoms with Gasteiger partial charge in [0.15, 0.2) is 9.84 Å². The van der Waals surface area contributed by atoms with Crippen molar-refractivity contribution in [2.75, 3.05) is 20.2 Å². The van der Waals surface area contributed by atoms with Crippen LogP contribution in [-0.4, -0.2) is 50.3 Å². The molecule has 1 aromatic carbocycles. The van der Waals surface area contributed by atoms with E-state index in [1.807, 2.05) is 6.92 Å². The van der Waals surface area contributed by atoms with Gasteiger partial charge in [-0.3, -0.25) is 9.48 Å². The normalized spacial score (nSPS) is 18.4. The summed E-state index contributed by atoms with van der Waals surface area (Å²) in [6.45, 7) is 11.4. The molecule has 176 valence electrons. The quantitative estimate of drug-likeness (QED) is 0.655. The van der Waals surface area contributed by atoms with Gasteiger partial charge in [0.25, 0.3) is 0 Å². The summed E-state index contributed by atoms with van der Waals surface area (Å²) in [5, 5.41) is 10.9. The maximum atomic E-state index is 13.1. The molecular weight excluding hydrogens is 428 g/mol. The van der Waals surface area contributed by atoms with Crippen LogP contribution in [0.25, 0.3) is 0 Å². The first-order chi connectivity index (χ1) is 14.9. The Balaban J connectivity index is 1.73. The lowest BCUT2D eigenvalue weighted by molar-refractivity contribution is -0.123. The Morgan fingerprint density at radius 2 is 1.91 bits per heavy atom. The number of hydrogen-bond acceptors (Lipinski definition) is 6. The van der Waals surface area contributed by atoms with Crippen LogP contribution in [0.1, 0.15) is 42.8 Å². The van der Waals surface area contributed by atoms with E-state index in [0.717, 1.165) is 25.2 Å². The summed E-state index contributed by atoms with van der Waals surface area (Å²) in [6.07, 6.45) is 0.876. The second kappa shape index (κ2) is 9.23. The lowest BCUT2D eigenvalue weighted by Crippen LogP contribution is -2.54. The predicted molar refractivity (Wildman–Crippen MR) is 124 cm³/mol. The first-order valence-electron chi connectivity index (χ1n) is 10.8. The van der Waals surface area contributed by atoms with E-state index in [-0.39, 0.29) is 29.7 Å². The molecule has 0 bridgehead atoms. The molecule has 0 saturated carbocycles. The number of aryl methyl sites for hydroxylation is 3. The zero-order chi connectivity index (χ0) is 23.7. The minimum absolute atomic E-state index is 0.0274. The highest BCUT2D eigenvalue weighted by atomic mass is 32.2. The molecule has 2 heterocycles. The summed E-state index contributed by atoms with van der Waals surface area (Å²) in [7, 11) is -2.05. The van der Waals surface area contributed by atoms with Crippen LogP contribution >= 0.6 is 0 Å². The number of hydrogen-bond donors (Lipinski definition) is 2. The summed E-state index contributed by atoms with van der Waals surface area (Å²) in [5.74, 6) is 0.284. The molecule has 1 unspecified atom stereocenters. The summed E-state index contributed by atoms with van der Waals surface area (Å²) in [5.41, 5.74) is 2.43. The van der Waals surface area contributed by atoms with Crippen molar-refractivity contribution in [2.45, 2.75) is 64.3 Å². The van der Waals surface area contributed by atoms with Crippen molar-refractivity contribution in [3.63, 3.8) is 0 Å². The van der Waals surface area contributed by atoms with Gasteiger partial charge in [-0.1, -0.05) is 13.8 Å². The van der Waals surface area contributed by atoms with E-state index < -0.39 is 9.84 Å². The number of amides is 1. The summed E-state index contributed by atoms with van der Waals surface area (Å²) in [6, 6.07) is 5.26. The molecule has 2 N–H and O–H groups in total. The number of aromatic nitrogens is 2. The molecule has 1 aliphatic rings. The van der Waals surface area contributed by atoms with Crippen LogP contribution < -0.4 is 15.4 Å². The molecular formula is C23H34N4O4S. The van der Waals surface area contributed by atoms with Crippen molar-refractivity contribution in [3.8, 4) is 5.75 Å². The maximum Gasteiger partial charge on any atom is 0.241 e. The maximum absolute atomic E-state index is 13.1. The Hall–Kier alpha value is -2.39. The first kappa shape index (κ1) is 24.3. The topological polar surface area (TPSA) is 102 Å². The lowest BCUT2D eigenvalue weighted by Gasteiger charge is -2.39. The number of rotatable bonds is 7. The molecule has 1 fully saturated rings. The molecule has 1 atom stereocenters. The summed E-state index contributed by atoms with van der Waals surface area (Å²) in [4.78, 5) is 13.0. The Bertz CT molecular complexity index is 1080. The third-order valence-electron chi connectivity index (χ3n) is 6.11. The van der Waals surface area contributed by atoms with Crippen molar-refractivity contribution in [2.24, 2.45) is 5.41 Å². The molecule has 1 aliphatic heterocycles. The van der Waals surface area contributed by atoms with Gasteiger partial charge in [0.2, 0.25) is 5.91 Å². The van der Waals surface area contributed by atoms with Crippen molar-refractivity contribution in [3.05, 3.63) is 40.7 Å². The smallest absolute Gasteiger partial charge is 0.241 e. The van der Waals surface area contributed by atoms with Crippen LogP contribution in [0.2, 0.25) is 0 Å². The average Bonchev–Trinajstić information content (AvgIpc) is 3.00. The molecule has 8 nitrogen and oxygen atoms in total. The van der Waals surface area contributed by atoms with Crippen LogP contribution in [0.4, 0.5) is 0 Å². The van der Waals surface area contributed by atoms with Crippen molar-refractivity contribution >= 4 is 15.7 Å². The van der Waals surface area contributed by atoms with Gasteiger partial charge >= 0.3 is 0 Å². The SMILES string of the molecule is COc1cc(C)c(S(=O)(=O)Cc2cc(C)n(CC(=O)NC3CCNCC3(C)C)n2)c(C)c1. The van der Waals surface area contributed by atoms with Gasteiger partial charge in [0.05, 0.1) is 23.5 Å². The van der Waals surface area contributed by atoms with Crippen molar-refractivity contribution in [1.29, 1.82) is 0 Å². The van der Waals surface area contributed by atoms with Gasteiger partial charge in [0, 0.05) is 18.3 Å². The fourth-order valence-corrected chi connectivity index (χ4v) is 6.18. The van der Waals surface area contributed by atoms with Gasteiger partial charge < -0.3 is 15.4 Å². The highest BCUT2D eigenvalue weighted by Crippen LogP contribution is 2.28. The Morgan fingerprint density at radius 1 is 1.25 bits per heavy atom. The fraction of sp³-hybridized carbons (Fsp3) is 0.565. The number of nitrogens with zero attached hydrogens (tertiary/aromatic N) is 2. The van der Waals surface area contributed by atoms with Crippen molar-refractivity contribution in [1.82, 2.24) is 20.4 Å². The number of ether oxygens (including phenoxy) is 1. The number of piperidine rings is 1. The summed E-state index contributed by atoms with van der Waals surface area (Å²) >= 11 is 0. The van der Waals surface area contributed by atoms with Crippen LogP contribution in [-0.2, 0) is 26.9 Å². The number of benzene rings is 1. The van der Waals surface area contributed by atoms with Gasteiger partial charge in [-0.2, -0.15) is 5.10 Å². The van der Waals surface area contributed by atoms with Gasteiger partial charge in [0.1, 0.15) is 12.3 Å². The van der Waals surface area contributed by atoms with E-state index in [1.165, 1.54) is 0 Å². The number of carbonyl (C=O) groups is 1. The monoisotopic (exact) mass is 462 g/mol. The highest BCUT2D eigenvalue weighted by Gasteiger charge is 2.33. The van der Waals surface area contributed by atoms with Crippen LogP contribution in [0, 0.1) is 26.2 Å². The van der Waals surface area contributed by atoms with E-state index in [4.69, 9.17) is 4.74 Å². The third-order valence-corrected chi connectivity index (χ3v) is 8.05. The minimum atomic E-state index is -3.61. The third kappa shape index (κ3) is 5.32. The van der Waals surface area contributed by atoms with Crippen molar-refractivity contribution < 1.29 is 17.9 Å². The van der Waals surface area contributed by atoms with Gasteiger partial charge in [-0.25, -0.2) is 8.42 Å². The standard InChI is InChI=1S/C23H34N4O4S/c1-15-9-19(31-6)10-16(2)22(15)32(29,30)13-18-11-17(3)27(26-18)12-21(28)25-20-7-8-24-14-23(20,4)5/h9-11,20,24H,7-8,12-14H2,1-6H3,(H,25,28). The highest BCUT2D eigenvalue weighted by molar-refractivity contribution is 7.90. The second-order valence-corrected chi connectivity index (χ2v) is 11.3. The number of methoxy groups -OCH3 is 1. The van der Waals surface area contributed by atoms with E-state index in [1.54, 1.807) is 43.8 Å². The Labute approximate surface area is 190 Å². The predicted octanol–water partition coefficient (Wildman–Crippen LogP) is 2.30. The fourth-order valence-electron chi connectivity index (χ4n) is 4.41. The molecule has 0 spiro atoms. The molecule has 1 amide bonds. The first-order valence-corrected chi connectivity index (χ1v) is 12.5. The largest absolute Gasteiger partial charge is 0.497 e. The zero-order valence-electron chi connectivity index (χ0n) is 19.8. The Kier molecular flexibility index (Phi) is 7.00. The van der Waals surface area contributed by atoms with Crippen LogP contribution in [0.3, 0.4) is 0 Å². The van der Waals surface area contributed by atoms with Crippen LogP contribution in [0.5, 0.6) is 5.75 Å². The molecule has 2 aromatic rings. The van der Waals surface area contributed by atoms with Gasteiger partial charge in [-0.05, 0) is 68.5 Å². The minimum Gasteiger partial charge on any atom is -0.497 e. The molecule has 3 rings (SSSR count). The molecule has 32 heavy (non-hydrogen) atoms. The lowest BCUT2D eigenvalue weighted by atomic mass is 9.80. The number of sulfone groups is 1. The molecule has 0 radical (unpaired) electrons. The zero-order valence-corrected chi connectivity index (χ0v) is 20.6. The number of carbonyl (C=O) groups excluding carboxylic acids is 1. The van der Waals surface area contributed by atoms with E-state index in [0.29, 0.717) is 27.5 Å². The van der Waals surface area contributed by atoms with E-state index in [2.05, 4.69) is 29.6 Å². The average molecular weight is 463 g/mol. The van der Waals surface area contributed by atoms with Gasteiger partial charge in [-0.15, -0.1) is 0 Å². The second-order valence-electron chi connectivity index (χ2n) is 9.36. The van der Waals surface area contributed by atoms with E-state index >= 15 is 0 Å².